The second-order valence-corrected chi connectivity index (χ2v) is 10.5. The van der Waals surface area contributed by atoms with Crippen molar-refractivity contribution in [2.24, 2.45) is 0 Å². The van der Waals surface area contributed by atoms with Crippen molar-refractivity contribution in [3.05, 3.63) is 94.5 Å². The van der Waals surface area contributed by atoms with Crippen LogP contribution in [0.5, 0.6) is 5.75 Å². The molecule has 6 heteroatoms. The molecule has 0 spiro atoms. The Hall–Kier alpha value is -3.40. The molecule has 1 N–H and O–H groups in total. The minimum Gasteiger partial charge on any atom is -0.481 e. The molecule has 0 heterocycles. The van der Waals surface area contributed by atoms with Crippen molar-refractivity contribution >= 4 is 15.6 Å². The lowest BCUT2D eigenvalue weighted by Gasteiger charge is -2.13. The van der Waals surface area contributed by atoms with Crippen LogP contribution >= 0.6 is 0 Å². The van der Waals surface area contributed by atoms with Crippen LogP contribution in [0, 0.1) is 12.3 Å². The maximum Gasteiger partial charge on any atom is 0.193 e. The highest BCUT2D eigenvalue weighted by molar-refractivity contribution is 7.90. The fourth-order valence-electron chi connectivity index (χ4n) is 3.54. The molecule has 3 aromatic carbocycles. The second kappa shape index (κ2) is 11.1. The number of carbonyl (C=O) groups excluding carboxylic acids is 1. The van der Waals surface area contributed by atoms with E-state index in [0.29, 0.717) is 35.9 Å². The van der Waals surface area contributed by atoms with Crippen LogP contribution in [0.15, 0.2) is 71.6 Å². The largest absolute Gasteiger partial charge is 0.481 e. The zero-order valence-electron chi connectivity index (χ0n) is 19.7. The number of sulfone groups is 1. The molecule has 0 aliphatic carbocycles. The number of nitrogens with one attached hydrogen (secondary N) is 1. The third kappa shape index (κ3) is 6.57. The third-order valence-corrected chi connectivity index (χ3v) is 6.57. The van der Waals surface area contributed by atoms with Gasteiger partial charge < -0.3 is 10.1 Å². The second-order valence-electron chi connectivity index (χ2n) is 8.44. The van der Waals surface area contributed by atoms with E-state index in [0.717, 1.165) is 11.1 Å². The van der Waals surface area contributed by atoms with Crippen molar-refractivity contribution in [2.75, 3.05) is 12.9 Å². The highest BCUT2D eigenvalue weighted by Crippen LogP contribution is 2.23. The first-order chi connectivity index (χ1) is 16.2. The molecule has 3 rings (SSSR count). The molecule has 3 aromatic rings. The molecular weight excluding hydrogens is 446 g/mol. The van der Waals surface area contributed by atoms with Crippen molar-refractivity contribution < 1.29 is 17.9 Å². The molecule has 176 valence electrons. The van der Waals surface area contributed by atoms with Crippen molar-refractivity contribution in [3.8, 4) is 18.1 Å². The normalized spacial score (nSPS) is 11.3. The minimum absolute atomic E-state index is 0.0997. The summed E-state index contributed by atoms with van der Waals surface area (Å²) < 4.78 is 29.2. The summed E-state index contributed by atoms with van der Waals surface area (Å²) in [6, 6.07) is 19.8. The van der Waals surface area contributed by atoms with E-state index in [1.165, 1.54) is 11.8 Å². The number of ketones is 1. The van der Waals surface area contributed by atoms with Crippen molar-refractivity contribution in [1.82, 2.24) is 5.32 Å². The quantitative estimate of drug-likeness (QED) is 0.339. The predicted octanol–water partition coefficient (Wildman–Crippen LogP) is 4.75. The van der Waals surface area contributed by atoms with E-state index in [-0.39, 0.29) is 17.3 Å². The number of hydrogen-bond acceptors (Lipinski definition) is 5. The highest BCUT2D eigenvalue weighted by Gasteiger charge is 2.16. The zero-order chi connectivity index (χ0) is 24.7. The van der Waals surface area contributed by atoms with Crippen LogP contribution < -0.4 is 10.1 Å². The maximum absolute atomic E-state index is 13.4. The average Bonchev–Trinajstić information content (AvgIpc) is 2.82. The lowest BCUT2D eigenvalue weighted by Crippen LogP contribution is -2.16. The van der Waals surface area contributed by atoms with Gasteiger partial charge in [0.1, 0.15) is 12.4 Å². The number of terminal acetylenes is 1. The van der Waals surface area contributed by atoms with E-state index in [4.69, 9.17) is 11.2 Å². The summed E-state index contributed by atoms with van der Waals surface area (Å²) in [5.41, 5.74) is 3.95. The molecular formula is C28H29NO4S. The number of carbonyl (C=O) groups is 1. The highest BCUT2D eigenvalue weighted by atomic mass is 32.2. The molecule has 5 nitrogen and oxygen atoms in total. The first-order valence-electron chi connectivity index (χ1n) is 11.0. The lowest BCUT2D eigenvalue weighted by atomic mass is 9.95. The summed E-state index contributed by atoms with van der Waals surface area (Å²) in [7, 11) is -3.27. The number of ether oxygens (including phenoxy) is 1. The van der Waals surface area contributed by atoms with Gasteiger partial charge in [-0.15, -0.1) is 6.42 Å². The van der Waals surface area contributed by atoms with Gasteiger partial charge in [0.2, 0.25) is 0 Å². The molecule has 0 atom stereocenters. The summed E-state index contributed by atoms with van der Waals surface area (Å²) in [5.74, 6) is 3.25. The van der Waals surface area contributed by atoms with Gasteiger partial charge in [-0.3, -0.25) is 4.79 Å². The van der Waals surface area contributed by atoms with E-state index in [2.05, 4.69) is 25.1 Å². The molecule has 0 saturated carbocycles. The predicted molar refractivity (Wildman–Crippen MR) is 135 cm³/mol. The van der Waals surface area contributed by atoms with Gasteiger partial charge in [0, 0.05) is 30.5 Å². The molecule has 0 fully saturated rings. The molecule has 0 bridgehead atoms. The number of rotatable bonds is 10. The first kappa shape index (κ1) is 25.2. The van der Waals surface area contributed by atoms with Crippen LogP contribution in [0.25, 0.3) is 0 Å². The van der Waals surface area contributed by atoms with Crippen molar-refractivity contribution in [1.29, 1.82) is 0 Å². The van der Waals surface area contributed by atoms with Gasteiger partial charge in [-0.05, 0) is 46.9 Å². The van der Waals surface area contributed by atoms with Crippen LogP contribution in [0.3, 0.4) is 0 Å². The molecule has 0 radical (unpaired) electrons. The monoisotopic (exact) mass is 475 g/mol. The average molecular weight is 476 g/mol. The molecule has 0 aliphatic rings. The standard InChI is InChI=1S/C28H29NO4S/c1-5-15-33-25-14-13-24(19-29-18-21-7-6-8-26(16-21)34(4,31)32)27(17-25)28(30)23-11-9-22(10-12-23)20(2)3/h1,6-14,16-17,20,29H,15,18-19H2,2-4H3. The molecule has 0 aromatic heterocycles. The van der Waals surface area contributed by atoms with E-state index < -0.39 is 9.84 Å². The van der Waals surface area contributed by atoms with Crippen LogP contribution in [-0.2, 0) is 22.9 Å². The maximum atomic E-state index is 13.4. The Morgan fingerprint density at radius 3 is 2.41 bits per heavy atom. The smallest absolute Gasteiger partial charge is 0.193 e. The summed E-state index contributed by atoms with van der Waals surface area (Å²) >= 11 is 0. The summed E-state index contributed by atoms with van der Waals surface area (Å²) in [6.45, 7) is 5.21. The number of hydrogen-bond donors (Lipinski definition) is 1. The molecule has 0 aliphatic heterocycles. The SMILES string of the molecule is C#CCOc1ccc(CNCc2cccc(S(C)(=O)=O)c2)c(C(=O)c2ccc(C(C)C)cc2)c1. The van der Waals surface area contributed by atoms with Gasteiger partial charge in [0.05, 0.1) is 4.90 Å². The van der Waals surface area contributed by atoms with Gasteiger partial charge in [0.15, 0.2) is 15.6 Å². The topological polar surface area (TPSA) is 72.5 Å². The zero-order valence-corrected chi connectivity index (χ0v) is 20.5. The van der Waals surface area contributed by atoms with Gasteiger partial charge in [0.25, 0.3) is 0 Å². The van der Waals surface area contributed by atoms with Crippen LogP contribution in [-0.4, -0.2) is 27.1 Å². The summed E-state index contributed by atoms with van der Waals surface area (Å²) in [5, 5.41) is 3.31. The molecule has 0 unspecified atom stereocenters. The van der Waals surface area contributed by atoms with Crippen LogP contribution in [0.2, 0.25) is 0 Å². The minimum atomic E-state index is -3.27. The van der Waals surface area contributed by atoms with Gasteiger partial charge >= 0.3 is 0 Å². The van der Waals surface area contributed by atoms with Gasteiger partial charge in [-0.1, -0.05) is 62.2 Å². The fraction of sp³-hybridized carbons (Fsp3) is 0.250. The Kier molecular flexibility index (Phi) is 8.27. The molecule has 0 saturated heterocycles. The Bertz CT molecular complexity index is 1300. The van der Waals surface area contributed by atoms with Gasteiger partial charge in [-0.25, -0.2) is 8.42 Å². The Balaban J connectivity index is 1.82. The van der Waals surface area contributed by atoms with E-state index >= 15 is 0 Å². The Labute approximate surface area is 202 Å². The summed E-state index contributed by atoms with van der Waals surface area (Å²) in [4.78, 5) is 13.7. The van der Waals surface area contributed by atoms with E-state index in [1.54, 1.807) is 30.3 Å². The van der Waals surface area contributed by atoms with E-state index in [1.807, 2.05) is 36.4 Å². The van der Waals surface area contributed by atoms with Crippen LogP contribution in [0.1, 0.15) is 52.4 Å². The number of benzene rings is 3. The van der Waals surface area contributed by atoms with Gasteiger partial charge in [-0.2, -0.15) is 0 Å². The van der Waals surface area contributed by atoms with Crippen LogP contribution in [0.4, 0.5) is 0 Å². The molecule has 0 amide bonds. The van der Waals surface area contributed by atoms with E-state index in [9.17, 15) is 13.2 Å². The Morgan fingerprint density at radius 2 is 1.76 bits per heavy atom. The molecule has 34 heavy (non-hydrogen) atoms. The third-order valence-electron chi connectivity index (χ3n) is 5.46. The van der Waals surface area contributed by atoms with Crippen molar-refractivity contribution in [3.63, 3.8) is 0 Å². The lowest BCUT2D eigenvalue weighted by molar-refractivity contribution is 0.103. The first-order valence-corrected chi connectivity index (χ1v) is 12.9. The van der Waals surface area contributed by atoms with Crippen molar-refractivity contribution in [2.45, 2.75) is 37.8 Å². The fourth-order valence-corrected chi connectivity index (χ4v) is 4.23. The summed E-state index contributed by atoms with van der Waals surface area (Å²) in [6.07, 6.45) is 6.49. The Morgan fingerprint density at radius 1 is 1.03 bits per heavy atom.